The summed E-state index contributed by atoms with van der Waals surface area (Å²) in [7, 11) is 0. The second-order valence-electron chi connectivity index (χ2n) is 12.1. The number of benzene rings is 7. The highest BCUT2D eigenvalue weighted by atomic mass is 15.1. The minimum atomic E-state index is 0.872. The van der Waals surface area contributed by atoms with Gasteiger partial charge in [-0.2, -0.15) is 0 Å². The molecule has 3 heteroatoms. The van der Waals surface area contributed by atoms with E-state index >= 15 is 0 Å². The van der Waals surface area contributed by atoms with Crippen LogP contribution in [0.15, 0.2) is 158 Å². The number of imidazole rings is 1. The number of aryl methyl sites for hydroxylation is 1. The van der Waals surface area contributed by atoms with Crippen LogP contribution in [0.25, 0.3) is 82.4 Å². The minimum absolute atomic E-state index is 0.872. The molecule has 7 aromatic carbocycles. The molecule has 9 aromatic rings. The highest BCUT2D eigenvalue weighted by Gasteiger charge is 2.17. The van der Waals surface area contributed by atoms with Crippen molar-refractivity contribution in [2.24, 2.45) is 0 Å². The third-order valence-corrected chi connectivity index (χ3v) is 9.44. The summed E-state index contributed by atoms with van der Waals surface area (Å²) in [5.74, 6) is 1.08. The Hall–Kier alpha value is -6.06. The van der Waals surface area contributed by atoms with Gasteiger partial charge in [0.2, 0.25) is 0 Å². The van der Waals surface area contributed by atoms with Crippen molar-refractivity contribution in [1.29, 1.82) is 0 Å². The predicted molar refractivity (Wildman–Crippen MR) is 197 cm³/mol. The van der Waals surface area contributed by atoms with Gasteiger partial charge in [-0.05, 0) is 108 Å². The molecule has 2 aromatic heterocycles. The molecule has 0 amide bonds. The van der Waals surface area contributed by atoms with E-state index in [4.69, 9.17) is 4.98 Å². The smallest absolute Gasteiger partial charge is 0.114 e. The Morgan fingerprint density at radius 2 is 1.02 bits per heavy atom. The van der Waals surface area contributed by atoms with Crippen LogP contribution in [0.4, 0.5) is 0 Å². The summed E-state index contributed by atoms with van der Waals surface area (Å²) in [4.78, 5) is 9.09. The number of rotatable bonds is 5. The summed E-state index contributed by atoms with van der Waals surface area (Å²) in [5, 5.41) is 7.46. The van der Waals surface area contributed by atoms with Crippen LogP contribution in [-0.4, -0.2) is 14.5 Å². The topological polar surface area (TPSA) is 30.7 Å². The molecule has 0 saturated heterocycles. The van der Waals surface area contributed by atoms with Gasteiger partial charge in [0.1, 0.15) is 5.82 Å². The molecule has 0 N–H and O–H groups in total. The fourth-order valence-corrected chi connectivity index (χ4v) is 7.25. The SMILES string of the molecule is CCc1nc2ccccc2n1-c1ccc2cc(-c3c4ccccc4c(-c4ccc(-c5ccncc5)cc4)c4ccccc34)ccc2c1. The lowest BCUT2D eigenvalue weighted by Crippen LogP contribution is -2.00. The number of hydrogen-bond acceptors (Lipinski definition) is 2. The molecule has 222 valence electrons. The summed E-state index contributed by atoms with van der Waals surface area (Å²) >= 11 is 0. The molecule has 0 fully saturated rings. The van der Waals surface area contributed by atoms with E-state index in [1.807, 2.05) is 12.4 Å². The monoisotopic (exact) mass is 601 g/mol. The van der Waals surface area contributed by atoms with Gasteiger partial charge in [0, 0.05) is 24.5 Å². The molecule has 0 bridgehead atoms. The molecular formula is C44H31N3. The lowest BCUT2D eigenvalue weighted by atomic mass is 9.85. The largest absolute Gasteiger partial charge is 0.296 e. The zero-order chi connectivity index (χ0) is 31.3. The molecule has 0 spiro atoms. The Morgan fingerprint density at radius 1 is 0.489 bits per heavy atom. The third kappa shape index (κ3) is 4.51. The fraction of sp³-hybridized carbons (Fsp3) is 0.0455. The van der Waals surface area contributed by atoms with E-state index < -0.39 is 0 Å². The van der Waals surface area contributed by atoms with Crippen LogP contribution in [0.3, 0.4) is 0 Å². The zero-order valence-electron chi connectivity index (χ0n) is 26.1. The molecule has 9 rings (SSSR count). The standard InChI is InChI=1S/C44H31N3/c1-2-42-46-40-13-7-8-14-41(40)47(42)35-22-21-32-27-34(20-19-33(32)28-35)44-38-11-5-3-9-36(38)43(37-10-4-6-12-39(37)44)31-17-15-29(16-18-31)30-23-25-45-26-24-30/h3-28H,2H2,1H3. The molecule has 47 heavy (non-hydrogen) atoms. The highest BCUT2D eigenvalue weighted by molar-refractivity contribution is 6.21. The predicted octanol–water partition coefficient (Wildman–Crippen LogP) is 11.4. The van der Waals surface area contributed by atoms with Gasteiger partial charge in [-0.25, -0.2) is 4.98 Å². The van der Waals surface area contributed by atoms with Crippen molar-refractivity contribution < 1.29 is 0 Å². The van der Waals surface area contributed by atoms with Gasteiger partial charge in [0.25, 0.3) is 0 Å². The maximum atomic E-state index is 4.91. The minimum Gasteiger partial charge on any atom is -0.296 e. The molecule has 2 heterocycles. The maximum absolute atomic E-state index is 4.91. The Bertz CT molecular complexity index is 2540. The number of nitrogens with zero attached hydrogens (tertiary/aromatic N) is 3. The normalized spacial score (nSPS) is 11.6. The van der Waals surface area contributed by atoms with E-state index in [9.17, 15) is 0 Å². The van der Waals surface area contributed by atoms with Crippen molar-refractivity contribution in [3.63, 3.8) is 0 Å². The average Bonchev–Trinajstić information content (AvgIpc) is 3.53. The van der Waals surface area contributed by atoms with E-state index in [1.54, 1.807) is 0 Å². The number of para-hydroxylation sites is 2. The summed E-state index contributed by atoms with van der Waals surface area (Å²) in [5.41, 5.74) is 10.7. The fourth-order valence-electron chi connectivity index (χ4n) is 7.25. The van der Waals surface area contributed by atoms with E-state index in [0.29, 0.717) is 0 Å². The van der Waals surface area contributed by atoms with E-state index in [2.05, 4.69) is 162 Å². The summed E-state index contributed by atoms with van der Waals surface area (Å²) in [6.07, 6.45) is 4.56. The van der Waals surface area contributed by atoms with Crippen molar-refractivity contribution >= 4 is 43.4 Å². The number of pyridine rings is 1. The van der Waals surface area contributed by atoms with Crippen molar-refractivity contribution in [3.05, 3.63) is 164 Å². The molecule has 0 aliphatic rings. The average molecular weight is 602 g/mol. The van der Waals surface area contributed by atoms with Gasteiger partial charge in [0.15, 0.2) is 0 Å². The van der Waals surface area contributed by atoms with Gasteiger partial charge in [-0.1, -0.05) is 110 Å². The van der Waals surface area contributed by atoms with Crippen LogP contribution in [-0.2, 0) is 6.42 Å². The first-order valence-corrected chi connectivity index (χ1v) is 16.2. The molecule has 0 saturated carbocycles. The van der Waals surface area contributed by atoms with Gasteiger partial charge in [-0.3, -0.25) is 9.55 Å². The molecule has 0 aliphatic heterocycles. The van der Waals surface area contributed by atoms with Gasteiger partial charge in [0.05, 0.1) is 11.0 Å². The first-order chi connectivity index (χ1) is 23.3. The molecule has 0 radical (unpaired) electrons. The molecular weight excluding hydrogens is 571 g/mol. The third-order valence-electron chi connectivity index (χ3n) is 9.44. The highest BCUT2D eigenvalue weighted by Crippen LogP contribution is 2.44. The van der Waals surface area contributed by atoms with Crippen LogP contribution in [0.5, 0.6) is 0 Å². The quantitative estimate of drug-likeness (QED) is 0.184. The van der Waals surface area contributed by atoms with E-state index in [1.165, 1.54) is 65.7 Å². The molecule has 0 atom stereocenters. The molecule has 0 aliphatic carbocycles. The first kappa shape index (κ1) is 27.3. The number of fused-ring (bicyclic) bond motifs is 4. The molecule has 3 nitrogen and oxygen atoms in total. The molecule has 0 unspecified atom stereocenters. The van der Waals surface area contributed by atoms with E-state index in [0.717, 1.165) is 29.0 Å². The summed E-state index contributed by atoms with van der Waals surface area (Å²) in [6.45, 7) is 2.17. The van der Waals surface area contributed by atoms with Crippen molar-refractivity contribution in [1.82, 2.24) is 14.5 Å². The second-order valence-corrected chi connectivity index (χ2v) is 12.1. The first-order valence-electron chi connectivity index (χ1n) is 16.2. The van der Waals surface area contributed by atoms with Crippen molar-refractivity contribution in [2.45, 2.75) is 13.3 Å². The Kier molecular flexibility index (Phi) is 6.43. The van der Waals surface area contributed by atoms with Gasteiger partial charge >= 0.3 is 0 Å². The Labute approximate surface area is 273 Å². The van der Waals surface area contributed by atoms with E-state index in [-0.39, 0.29) is 0 Å². The van der Waals surface area contributed by atoms with Crippen molar-refractivity contribution in [2.75, 3.05) is 0 Å². The lowest BCUT2D eigenvalue weighted by molar-refractivity contribution is 0.909. The summed E-state index contributed by atoms with van der Waals surface area (Å²) in [6, 6.07) is 52.9. The second kappa shape index (κ2) is 11.1. The maximum Gasteiger partial charge on any atom is 0.114 e. The van der Waals surface area contributed by atoms with Crippen LogP contribution < -0.4 is 0 Å². The van der Waals surface area contributed by atoms with Gasteiger partial charge < -0.3 is 0 Å². The van der Waals surface area contributed by atoms with Crippen LogP contribution >= 0.6 is 0 Å². The van der Waals surface area contributed by atoms with Crippen LogP contribution in [0.1, 0.15) is 12.7 Å². The van der Waals surface area contributed by atoms with Crippen LogP contribution in [0, 0.1) is 0 Å². The number of hydrogen-bond donors (Lipinski definition) is 0. The van der Waals surface area contributed by atoms with Crippen molar-refractivity contribution in [3.8, 4) is 39.1 Å². The Balaban J connectivity index is 1.20. The van der Waals surface area contributed by atoms with Crippen LogP contribution in [0.2, 0.25) is 0 Å². The Morgan fingerprint density at radius 3 is 1.70 bits per heavy atom. The number of aromatic nitrogens is 3. The zero-order valence-corrected chi connectivity index (χ0v) is 26.1. The lowest BCUT2D eigenvalue weighted by Gasteiger charge is -2.18. The van der Waals surface area contributed by atoms with Gasteiger partial charge in [-0.15, -0.1) is 0 Å². The summed E-state index contributed by atoms with van der Waals surface area (Å²) < 4.78 is 2.30.